The number of halogens is 1. The van der Waals surface area contributed by atoms with E-state index in [4.69, 9.17) is 0 Å². The zero-order valence-electron chi connectivity index (χ0n) is 9.98. The molecule has 94 valence electrons. The molecule has 0 aliphatic heterocycles. The first-order chi connectivity index (χ1) is 9.22. The van der Waals surface area contributed by atoms with E-state index in [0.29, 0.717) is 5.69 Å². The van der Waals surface area contributed by atoms with Gasteiger partial charge in [-0.05, 0) is 30.3 Å². The van der Waals surface area contributed by atoms with Gasteiger partial charge in [-0.2, -0.15) is 0 Å². The molecule has 0 aliphatic carbocycles. The highest BCUT2D eigenvalue weighted by Crippen LogP contribution is 2.18. The highest BCUT2D eigenvalue weighted by Gasteiger charge is 2.09. The number of hydrogen-bond acceptors (Lipinski definition) is 1. The number of nitrogens with one attached hydrogen (secondary N) is 2. The summed E-state index contributed by atoms with van der Waals surface area (Å²) in [6.07, 6.45) is 0. The molecule has 0 spiro atoms. The van der Waals surface area contributed by atoms with Crippen LogP contribution in [0.3, 0.4) is 0 Å². The Bertz CT molecular complexity index is 715. The lowest BCUT2D eigenvalue weighted by Crippen LogP contribution is -2.12. The number of carbonyl (C=O) groups is 1. The summed E-state index contributed by atoms with van der Waals surface area (Å²) >= 11 is 3.38. The van der Waals surface area contributed by atoms with Gasteiger partial charge >= 0.3 is 0 Å². The summed E-state index contributed by atoms with van der Waals surface area (Å²) in [6.45, 7) is 0. The predicted octanol–water partition coefficient (Wildman–Crippen LogP) is 4.18. The van der Waals surface area contributed by atoms with Gasteiger partial charge in [0.1, 0.15) is 5.69 Å². The van der Waals surface area contributed by atoms with Crippen molar-refractivity contribution in [2.24, 2.45) is 0 Å². The topological polar surface area (TPSA) is 44.9 Å². The Balaban J connectivity index is 1.87. The second kappa shape index (κ2) is 4.90. The van der Waals surface area contributed by atoms with E-state index in [9.17, 15) is 4.79 Å². The fraction of sp³-hybridized carbons (Fsp3) is 0. The molecule has 0 atom stereocenters. The van der Waals surface area contributed by atoms with E-state index in [1.54, 1.807) is 0 Å². The van der Waals surface area contributed by atoms with Crippen LogP contribution in [0.4, 0.5) is 5.69 Å². The van der Waals surface area contributed by atoms with Crippen LogP contribution in [0.5, 0.6) is 0 Å². The van der Waals surface area contributed by atoms with Crippen LogP contribution < -0.4 is 5.32 Å². The number of hydrogen-bond donors (Lipinski definition) is 2. The largest absolute Gasteiger partial charge is 0.351 e. The van der Waals surface area contributed by atoms with Gasteiger partial charge < -0.3 is 10.3 Å². The van der Waals surface area contributed by atoms with E-state index < -0.39 is 0 Å². The van der Waals surface area contributed by atoms with Crippen molar-refractivity contribution in [2.75, 3.05) is 5.32 Å². The number of anilines is 1. The first-order valence-electron chi connectivity index (χ1n) is 5.87. The molecule has 3 nitrogen and oxygen atoms in total. The molecule has 3 rings (SSSR count). The minimum absolute atomic E-state index is 0.144. The van der Waals surface area contributed by atoms with Gasteiger partial charge in [-0.15, -0.1) is 0 Å². The molecule has 0 saturated heterocycles. The normalized spacial score (nSPS) is 10.6. The molecular formula is C15H11BrN2O. The summed E-state index contributed by atoms with van der Waals surface area (Å²) in [5.74, 6) is -0.144. The van der Waals surface area contributed by atoms with E-state index in [0.717, 1.165) is 21.1 Å². The van der Waals surface area contributed by atoms with Crippen molar-refractivity contribution in [3.63, 3.8) is 0 Å². The highest BCUT2D eigenvalue weighted by molar-refractivity contribution is 9.10. The number of fused-ring (bicyclic) bond motifs is 1. The summed E-state index contributed by atoms with van der Waals surface area (Å²) < 4.78 is 0.932. The summed E-state index contributed by atoms with van der Waals surface area (Å²) in [5, 5.41) is 3.89. The molecular weight excluding hydrogens is 304 g/mol. The van der Waals surface area contributed by atoms with Crippen LogP contribution in [0.1, 0.15) is 10.5 Å². The number of benzene rings is 2. The van der Waals surface area contributed by atoms with Crippen LogP contribution in [-0.4, -0.2) is 10.9 Å². The van der Waals surface area contributed by atoms with Crippen molar-refractivity contribution in [1.82, 2.24) is 4.98 Å². The van der Waals surface area contributed by atoms with Gasteiger partial charge in [0.2, 0.25) is 0 Å². The van der Waals surface area contributed by atoms with Crippen LogP contribution in [0, 0.1) is 0 Å². The molecule has 1 aromatic heterocycles. The van der Waals surface area contributed by atoms with Gasteiger partial charge in [0.15, 0.2) is 0 Å². The molecule has 3 aromatic rings. The van der Waals surface area contributed by atoms with E-state index >= 15 is 0 Å². The summed E-state index contributed by atoms with van der Waals surface area (Å²) in [7, 11) is 0. The van der Waals surface area contributed by atoms with Gasteiger partial charge in [0, 0.05) is 21.1 Å². The van der Waals surface area contributed by atoms with Crippen molar-refractivity contribution >= 4 is 38.4 Å². The predicted molar refractivity (Wildman–Crippen MR) is 80.4 cm³/mol. The van der Waals surface area contributed by atoms with E-state index in [1.165, 1.54) is 0 Å². The smallest absolute Gasteiger partial charge is 0.272 e. The van der Waals surface area contributed by atoms with Crippen molar-refractivity contribution in [1.29, 1.82) is 0 Å². The number of rotatable bonds is 2. The maximum Gasteiger partial charge on any atom is 0.272 e. The van der Waals surface area contributed by atoms with E-state index in [1.807, 2.05) is 54.6 Å². The van der Waals surface area contributed by atoms with Crippen LogP contribution in [-0.2, 0) is 0 Å². The highest BCUT2D eigenvalue weighted by atomic mass is 79.9. The first-order valence-corrected chi connectivity index (χ1v) is 6.66. The van der Waals surface area contributed by atoms with E-state index in [2.05, 4.69) is 26.2 Å². The fourth-order valence-electron chi connectivity index (χ4n) is 1.96. The van der Waals surface area contributed by atoms with Gasteiger partial charge in [-0.1, -0.05) is 40.2 Å². The van der Waals surface area contributed by atoms with Gasteiger partial charge in [0.05, 0.1) is 0 Å². The lowest BCUT2D eigenvalue weighted by molar-refractivity contribution is 0.102. The van der Waals surface area contributed by atoms with Crippen molar-refractivity contribution in [2.45, 2.75) is 0 Å². The molecule has 0 aliphatic rings. The number of carbonyl (C=O) groups excluding carboxylic acids is 1. The van der Waals surface area contributed by atoms with Gasteiger partial charge in [-0.25, -0.2) is 0 Å². The maximum absolute atomic E-state index is 12.1. The monoisotopic (exact) mass is 314 g/mol. The number of amides is 1. The lowest BCUT2D eigenvalue weighted by Gasteiger charge is -2.03. The quantitative estimate of drug-likeness (QED) is 0.732. The molecule has 2 aromatic carbocycles. The Kier molecular flexibility index (Phi) is 3.09. The average molecular weight is 315 g/mol. The second-order valence-corrected chi connectivity index (χ2v) is 5.15. The molecule has 0 fully saturated rings. The van der Waals surface area contributed by atoms with Crippen LogP contribution in [0.15, 0.2) is 59.1 Å². The molecule has 0 saturated carbocycles. The van der Waals surface area contributed by atoms with Gasteiger partial charge in [0.25, 0.3) is 5.91 Å². The van der Waals surface area contributed by atoms with Crippen molar-refractivity contribution in [3.05, 3.63) is 64.8 Å². The van der Waals surface area contributed by atoms with Gasteiger partial charge in [-0.3, -0.25) is 4.79 Å². The van der Waals surface area contributed by atoms with Crippen LogP contribution >= 0.6 is 15.9 Å². The lowest BCUT2D eigenvalue weighted by atomic mass is 10.2. The Labute approximate surface area is 118 Å². The number of para-hydroxylation sites is 1. The third kappa shape index (κ3) is 2.53. The zero-order valence-corrected chi connectivity index (χ0v) is 11.6. The maximum atomic E-state index is 12.1. The van der Waals surface area contributed by atoms with E-state index in [-0.39, 0.29) is 5.91 Å². The summed E-state index contributed by atoms with van der Waals surface area (Å²) in [5.41, 5.74) is 2.28. The SMILES string of the molecule is O=C(Nc1cccc(Br)c1)c1cc2ccccc2[nH]1. The summed E-state index contributed by atoms with van der Waals surface area (Å²) in [6, 6.07) is 17.2. The third-order valence-electron chi connectivity index (χ3n) is 2.86. The molecule has 2 N–H and O–H groups in total. The number of aromatic nitrogens is 1. The standard InChI is InChI=1S/C15H11BrN2O/c16-11-5-3-6-12(9-11)17-15(19)14-8-10-4-1-2-7-13(10)18-14/h1-9,18H,(H,17,19). The van der Waals surface area contributed by atoms with Crippen molar-refractivity contribution in [3.8, 4) is 0 Å². The van der Waals surface area contributed by atoms with Crippen LogP contribution in [0.25, 0.3) is 10.9 Å². The van der Waals surface area contributed by atoms with Crippen molar-refractivity contribution < 1.29 is 4.79 Å². The third-order valence-corrected chi connectivity index (χ3v) is 3.35. The second-order valence-electron chi connectivity index (χ2n) is 4.23. The number of aromatic amines is 1. The summed E-state index contributed by atoms with van der Waals surface area (Å²) in [4.78, 5) is 15.2. The Morgan fingerprint density at radius 1 is 1.05 bits per heavy atom. The molecule has 4 heteroatoms. The zero-order chi connectivity index (χ0) is 13.2. The molecule has 1 heterocycles. The molecule has 0 radical (unpaired) electrons. The molecule has 1 amide bonds. The minimum atomic E-state index is -0.144. The van der Waals surface area contributed by atoms with Crippen LogP contribution in [0.2, 0.25) is 0 Å². The Morgan fingerprint density at radius 3 is 2.68 bits per heavy atom. The number of H-pyrrole nitrogens is 1. The average Bonchev–Trinajstić information content (AvgIpc) is 2.82. The molecule has 0 unspecified atom stereocenters. The molecule has 19 heavy (non-hydrogen) atoms. The fourth-order valence-corrected chi connectivity index (χ4v) is 2.36. The minimum Gasteiger partial charge on any atom is -0.351 e. The molecule has 0 bridgehead atoms. The Morgan fingerprint density at radius 2 is 1.89 bits per heavy atom. The Hall–Kier alpha value is -2.07. The first kappa shape index (κ1) is 12.0.